The van der Waals surface area contributed by atoms with Gasteiger partial charge in [0.05, 0.1) is 0 Å². The average Bonchev–Trinajstić information content (AvgIpc) is 3.13. The number of allylic oxidation sites excluding steroid dienone is 1. The molecule has 32 heavy (non-hydrogen) atoms. The van der Waals surface area contributed by atoms with Crippen LogP contribution in [0.3, 0.4) is 0 Å². The molecule has 4 saturated carbocycles. The number of carbonyl (C=O) groups is 3. The van der Waals surface area contributed by atoms with Crippen molar-refractivity contribution in [2.24, 2.45) is 46.3 Å². The Kier molecular flexibility index (Phi) is 6.43. The minimum Gasteiger partial charge on any atom is -0.465 e. The van der Waals surface area contributed by atoms with Crippen LogP contribution in [0.15, 0.2) is 12.7 Å². The lowest BCUT2D eigenvalue weighted by atomic mass is 9.43. The first-order valence-electron chi connectivity index (χ1n) is 12.2. The fourth-order valence-corrected chi connectivity index (χ4v) is 8.84. The van der Waals surface area contributed by atoms with E-state index in [9.17, 15) is 14.4 Å². The fourth-order valence-electron chi connectivity index (χ4n) is 8.84. The molecule has 0 aromatic heterocycles. The van der Waals surface area contributed by atoms with E-state index in [-0.39, 0.29) is 35.1 Å². The van der Waals surface area contributed by atoms with Crippen LogP contribution in [0.4, 0.5) is 0 Å². The molecule has 0 aliphatic heterocycles. The highest BCUT2D eigenvalue weighted by Gasteiger charge is 2.67. The second-order valence-corrected chi connectivity index (χ2v) is 11.2. The maximum Gasteiger partial charge on any atom is 0.293 e. The van der Waals surface area contributed by atoms with Crippen LogP contribution in [0.25, 0.3) is 0 Å². The van der Waals surface area contributed by atoms with Crippen molar-refractivity contribution in [2.45, 2.75) is 84.0 Å². The number of rotatable bonds is 8. The summed E-state index contributed by atoms with van der Waals surface area (Å²) in [5, 5.41) is 0. The van der Waals surface area contributed by atoms with Crippen molar-refractivity contribution in [3.05, 3.63) is 12.7 Å². The van der Waals surface area contributed by atoms with Gasteiger partial charge in [0.1, 0.15) is 18.3 Å². The minimum atomic E-state index is -0.165. The average molecular weight is 447 g/mol. The first-order chi connectivity index (χ1) is 15.3. The zero-order valence-electron chi connectivity index (χ0n) is 19.6. The molecule has 4 aliphatic rings. The summed E-state index contributed by atoms with van der Waals surface area (Å²) >= 11 is 0. The number of hydrogen-bond donors (Lipinski definition) is 0. The van der Waals surface area contributed by atoms with Gasteiger partial charge in [-0.3, -0.25) is 14.4 Å². The van der Waals surface area contributed by atoms with Crippen LogP contribution >= 0.6 is 0 Å². The normalized spacial score (nSPS) is 48.2. The Morgan fingerprint density at radius 3 is 2.28 bits per heavy atom. The summed E-state index contributed by atoms with van der Waals surface area (Å²) in [5.74, 6) is 1.89. The van der Waals surface area contributed by atoms with Crippen LogP contribution in [0, 0.1) is 46.3 Å². The predicted molar refractivity (Wildman–Crippen MR) is 118 cm³/mol. The molecular weight excluding hydrogens is 408 g/mol. The van der Waals surface area contributed by atoms with Gasteiger partial charge in [-0.25, -0.2) is 0 Å². The van der Waals surface area contributed by atoms with Gasteiger partial charge < -0.3 is 14.2 Å². The van der Waals surface area contributed by atoms with E-state index in [4.69, 9.17) is 14.2 Å². The third-order valence-electron chi connectivity index (χ3n) is 10.5. The number of fused-ring (bicyclic) bond motifs is 5. The van der Waals surface area contributed by atoms with Crippen molar-refractivity contribution >= 4 is 19.4 Å². The van der Waals surface area contributed by atoms with Crippen LogP contribution < -0.4 is 0 Å². The molecule has 0 N–H and O–H groups in total. The summed E-state index contributed by atoms with van der Waals surface area (Å²) in [5.41, 5.74) is -0.120. The summed E-state index contributed by atoms with van der Waals surface area (Å²) < 4.78 is 17.0. The molecule has 4 rings (SSSR count). The van der Waals surface area contributed by atoms with Crippen LogP contribution in [0.2, 0.25) is 0 Å². The van der Waals surface area contributed by atoms with E-state index in [0.29, 0.717) is 49.0 Å². The van der Waals surface area contributed by atoms with Gasteiger partial charge in [-0.2, -0.15) is 0 Å². The van der Waals surface area contributed by atoms with E-state index in [2.05, 4.69) is 27.4 Å². The van der Waals surface area contributed by atoms with Gasteiger partial charge in [0.2, 0.25) is 0 Å². The Balaban J connectivity index is 1.73. The highest BCUT2D eigenvalue weighted by molar-refractivity contribution is 5.39. The van der Waals surface area contributed by atoms with E-state index in [0.717, 1.165) is 44.9 Å². The fraction of sp³-hybridized carbons (Fsp3) is 0.808. The molecule has 0 heterocycles. The first kappa shape index (κ1) is 23.3. The van der Waals surface area contributed by atoms with Gasteiger partial charge in [0, 0.05) is 11.3 Å². The zero-order chi connectivity index (χ0) is 23.1. The first-order valence-corrected chi connectivity index (χ1v) is 12.2. The van der Waals surface area contributed by atoms with Crippen molar-refractivity contribution in [1.82, 2.24) is 0 Å². The number of ether oxygens (including phenoxy) is 3. The molecule has 6 nitrogen and oxygen atoms in total. The molecule has 0 aromatic rings. The van der Waals surface area contributed by atoms with E-state index >= 15 is 0 Å². The molecule has 0 bridgehead atoms. The topological polar surface area (TPSA) is 78.9 Å². The third kappa shape index (κ3) is 3.40. The quantitative estimate of drug-likeness (QED) is 0.314. The SMILES string of the molecule is C=C[C@@H](C)[C@H]1CC[C@H]2[C@@H]3[C@H](OC=O)C[C@@H]4C[C@@H](OC=O)CC[C@]4(C)[C@H]3C[C@H](OC=O)[C@]12C. The predicted octanol–water partition coefficient (Wildman–Crippen LogP) is 4.31. The van der Waals surface area contributed by atoms with Crippen molar-refractivity contribution in [3.8, 4) is 0 Å². The van der Waals surface area contributed by atoms with Crippen molar-refractivity contribution in [3.63, 3.8) is 0 Å². The van der Waals surface area contributed by atoms with Crippen molar-refractivity contribution in [1.29, 1.82) is 0 Å². The Hall–Kier alpha value is -1.85. The molecule has 0 radical (unpaired) electrons. The molecule has 0 spiro atoms. The smallest absolute Gasteiger partial charge is 0.293 e. The summed E-state index contributed by atoms with van der Waals surface area (Å²) in [6.45, 7) is 12.7. The Bertz CT molecular complexity index is 738. The molecular formula is C26H38O6. The number of carbonyl (C=O) groups excluding carboxylic acids is 3. The molecule has 0 amide bonds. The highest BCUT2D eigenvalue weighted by Crippen LogP contribution is 2.69. The van der Waals surface area contributed by atoms with Gasteiger partial charge in [0.25, 0.3) is 19.4 Å². The monoisotopic (exact) mass is 446 g/mol. The molecule has 0 aromatic carbocycles. The van der Waals surface area contributed by atoms with Crippen LogP contribution in [-0.2, 0) is 28.6 Å². The molecule has 0 unspecified atom stereocenters. The molecule has 178 valence electrons. The third-order valence-corrected chi connectivity index (χ3v) is 10.5. The largest absolute Gasteiger partial charge is 0.465 e. The van der Waals surface area contributed by atoms with E-state index in [1.54, 1.807) is 0 Å². The second-order valence-electron chi connectivity index (χ2n) is 11.2. The van der Waals surface area contributed by atoms with Crippen LogP contribution in [0.5, 0.6) is 0 Å². The Labute approximate surface area is 191 Å². The maximum atomic E-state index is 11.6. The van der Waals surface area contributed by atoms with Crippen LogP contribution in [-0.4, -0.2) is 37.7 Å². The number of hydrogen-bond acceptors (Lipinski definition) is 6. The zero-order valence-corrected chi connectivity index (χ0v) is 19.6. The Morgan fingerprint density at radius 2 is 1.62 bits per heavy atom. The summed E-state index contributed by atoms with van der Waals surface area (Å²) in [6.07, 6.45) is 7.99. The second kappa shape index (κ2) is 8.83. The van der Waals surface area contributed by atoms with E-state index < -0.39 is 0 Å². The van der Waals surface area contributed by atoms with Crippen LogP contribution in [0.1, 0.15) is 65.7 Å². The lowest BCUT2D eigenvalue weighted by molar-refractivity contribution is -0.217. The van der Waals surface area contributed by atoms with Gasteiger partial charge >= 0.3 is 0 Å². The van der Waals surface area contributed by atoms with Gasteiger partial charge in [-0.05, 0) is 80.0 Å². The lowest BCUT2D eigenvalue weighted by Gasteiger charge is -2.63. The minimum absolute atomic E-state index is 0.0458. The highest BCUT2D eigenvalue weighted by atomic mass is 16.5. The molecule has 11 atom stereocenters. The van der Waals surface area contributed by atoms with Crippen molar-refractivity contribution < 1.29 is 28.6 Å². The lowest BCUT2D eigenvalue weighted by Crippen LogP contribution is -2.63. The summed E-state index contributed by atoms with van der Waals surface area (Å²) in [6, 6.07) is 0. The van der Waals surface area contributed by atoms with E-state index in [1.165, 1.54) is 0 Å². The van der Waals surface area contributed by atoms with E-state index in [1.807, 2.05) is 6.08 Å². The summed E-state index contributed by atoms with van der Waals surface area (Å²) in [7, 11) is 0. The molecule has 4 fully saturated rings. The molecule has 6 heteroatoms. The van der Waals surface area contributed by atoms with Gasteiger partial charge in [-0.15, -0.1) is 6.58 Å². The Morgan fingerprint density at radius 1 is 0.906 bits per heavy atom. The molecule has 0 saturated heterocycles. The van der Waals surface area contributed by atoms with Crippen molar-refractivity contribution in [2.75, 3.05) is 0 Å². The molecule has 4 aliphatic carbocycles. The summed E-state index contributed by atoms with van der Waals surface area (Å²) in [4.78, 5) is 34.1. The van der Waals surface area contributed by atoms with Gasteiger partial charge in [0.15, 0.2) is 0 Å². The van der Waals surface area contributed by atoms with Gasteiger partial charge in [-0.1, -0.05) is 26.8 Å². The maximum absolute atomic E-state index is 11.6. The standard InChI is InChI=1S/C26H38O6/c1-5-16(2)19-6-7-20-24-21(12-23(32-15-29)26(19,20)4)25(3)9-8-18(30-13-27)10-17(25)11-22(24)31-14-28/h5,13-24H,1,6-12H2,2-4H3/t16-,17+,18+,19-,20+,21+,22-,23+,24+,25+,26-/m1/s1.